The third-order valence-electron chi connectivity index (χ3n) is 4.34. The Balaban J connectivity index is 1.93. The molecule has 0 radical (unpaired) electrons. The van der Waals surface area contributed by atoms with Crippen molar-refractivity contribution >= 4 is 23.5 Å². The Hall–Kier alpha value is -3.43. The molecule has 1 heterocycles. The van der Waals surface area contributed by atoms with Gasteiger partial charge in [-0.15, -0.1) is 0 Å². The highest BCUT2D eigenvalue weighted by Gasteiger charge is 2.17. The standard InChI is InChI=1S/C22H17ClFN3O2/c1-14-20(22(23)27(26-14)13-15-6-8-18(24)9-7-15)11-17(12-25)21(28)16-4-3-5-19(10-16)29-2/h3-11H,13H2,1-2H3/b17-11+. The number of ether oxygens (including phenoxy) is 1. The number of benzene rings is 2. The maximum Gasteiger partial charge on any atom is 0.203 e. The molecule has 0 saturated heterocycles. The van der Waals surface area contributed by atoms with Gasteiger partial charge in [0.1, 0.15) is 28.4 Å². The number of aromatic nitrogens is 2. The number of halogens is 2. The van der Waals surface area contributed by atoms with Gasteiger partial charge in [-0.3, -0.25) is 4.79 Å². The molecule has 29 heavy (non-hydrogen) atoms. The number of rotatable bonds is 6. The normalized spacial score (nSPS) is 11.2. The first kappa shape index (κ1) is 20.3. The maximum atomic E-state index is 13.1. The number of aryl methyl sites for hydroxylation is 1. The Labute approximate surface area is 172 Å². The SMILES string of the molecule is COc1cccc(C(=O)/C(C#N)=C/c2c(C)nn(Cc3ccc(F)cc3)c2Cl)c1. The van der Waals surface area contributed by atoms with Crippen LogP contribution in [0.2, 0.25) is 5.15 Å². The van der Waals surface area contributed by atoms with Gasteiger partial charge in [0.05, 0.1) is 19.3 Å². The van der Waals surface area contributed by atoms with Crippen LogP contribution in [0, 0.1) is 24.1 Å². The number of nitriles is 1. The van der Waals surface area contributed by atoms with Gasteiger partial charge in [0, 0.05) is 11.1 Å². The zero-order valence-electron chi connectivity index (χ0n) is 15.8. The molecular weight excluding hydrogens is 393 g/mol. The molecule has 3 rings (SSSR count). The maximum absolute atomic E-state index is 13.1. The number of hydrogen-bond acceptors (Lipinski definition) is 4. The van der Waals surface area contributed by atoms with E-state index in [9.17, 15) is 14.4 Å². The molecule has 0 saturated carbocycles. The summed E-state index contributed by atoms with van der Waals surface area (Å²) in [4.78, 5) is 12.7. The minimum atomic E-state index is -0.437. The summed E-state index contributed by atoms with van der Waals surface area (Å²) in [5.41, 5.74) is 2.15. The van der Waals surface area contributed by atoms with E-state index in [1.165, 1.54) is 25.3 Å². The zero-order chi connectivity index (χ0) is 21.0. The van der Waals surface area contributed by atoms with Gasteiger partial charge in [-0.2, -0.15) is 10.4 Å². The van der Waals surface area contributed by atoms with Gasteiger partial charge < -0.3 is 4.74 Å². The van der Waals surface area contributed by atoms with Crippen molar-refractivity contribution in [2.75, 3.05) is 7.11 Å². The number of hydrogen-bond donors (Lipinski definition) is 0. The summed E-state index contributed by atoms with van der Waals surface area (Å²) in [7, 11) is 1.50. The van der Waals surface area contributed by atoms with Crippen LogP contribution in [0.5, 0.6) is 5.75 Å². The van der Waals surface area contributed by atoms with E-state index in [1.807, 2.05) is 6.07 Å². The number of allylic oxidation sites excluding steroid dienone is 1. The predicted octanol–water partition coefficient (Wildman–Crippen LogP) is 4.83. The van der Waals surface area contributed by atoms with Crippen molar-refractivity contribution in [2.45, 2.75) is 13.5 Å². The molecule has 0 amide bonds. The molecule has 0 atom stereocenters. The van der Waals surface area contributed by atoms with Crippen molar-refractivity contribution in [3.63, 3.8) is 0 Å². The van der Waals surface area contributed by atoms with E-state index < -0.39 is 5.78 Å². The van der Waals surface area contributed by atoms with E-state index in [0.29, 0.717) is 29.1 Å². The topological polar surface area (TPSA) is 67.9 Å². The van der Waals surface area contributed by atoms with Crippen LogP contribution in [0.15, 0.2) is 54.1 Å². The lowest BCUT2D eigenvalue weighted by atomic mass is 10.0. The van der Waals surface area contributed by atoms with Crippen LogP contribution in [-0.4, -0.2) is 22.7 Å². The summed E-state index contributed by atoms with van der Waals surface area (Å²) >= 11 is 6.45. The molecule has 0 N–H and O–H groups in total. The van der Waals surface area contributed by atoms with Crippen molar-refractivity contribution in [1.82, 2.24) is 9.78 Å². The van der Waals surface area contributed by atoms with Crippen LogP contribution < -0.4 is 4.74 Å². The highest BCUT2D eigenvalue weighted by molar-refractivity contribution is 6.31. The predicted molar refractivity (Wildman–Crippen MR) is 108 cm³/mol. The number of ketones is 1. The summed E-state index contributed by atoms with van der Waals surface area (Å²) in [5.74, 6) is -0.238. The molecule has 0 aliphatic carbocycles. The summed E-state index contributed by atoms with van der Waals surface area (Å²) in [5, 5.41) is 14.2. The Kier molecular flexibility index (Phi) is 6.10. The molecule has 0 fully saturated rings. The third-order valence-corrected chi connectivity index (χ3v) is 4.74. The lowest BCUT2D eigenvalue weighted by Gasteiger charge is -2.04. The molecule has 0 bridgehead atoms. The van der Waals surface area contributed by atoms with Gasteiger partial charge in [-0.05, 0) is 42.8 Å². The summed E-state index contributed by atoms with van der Waals surface area (Å²) < 4.78 is 19.8. The number of Topliss-reactive ketones (excluding diaryl/α,β-unsaturated/α-hetero) is 1. The molecule has 0 spiro atoms. The highest BCUT2D eigenvalue weighted by atomic mass is 35.5. The second-order valence-electron chi connectivity index (χ2n) is 6.30. The van der Waals surface area contributed by atoms with E-state index >= 15 is 0 Å². The molecule has 3 aromatic rings. The number of carbonyl (C=O) groups excluding carboxylic acids is 1. The largest absolute Gasteiger partial charge is 0.497 e. The van der Waals surface area contributed by atoms with E-state index in [2.05, 4.69) is 5.10 Å². The molecule has 5 nitrogen and oxygen atoms in total. The van der Waals surface area contributed by atoms with Gasteiger partial charge >= 0.3 is 0 Å². The van der Waals surface area contributed by atoms with E-state index in [0.717, 1.165) is 5.56 Å². The highest BCUT2D eigenvalue weighted by Crippen LogP contribution is 2.25. The van der Waals surface area contributed by atoms with Crippen molar-refractivity contribution < 1.29 is 13.9 Å². The van der Waals surface area contributed by atoms with Gasteiger partial charge in [0.2, 0.25) is 5.78 Å². The fourth-order valence-electron chi connectivity index (χ4n) is 2.81. The first-order valence-electron chi connectivity index (χ1n) is 8.71. The zero-order valence-corrected chi connectivity index (χ0v) is 16.6. The second kappa shape index (κ2) is 8.72. The van der Waals surface area contributed by atoms with Gasteiger partial charge in [-0.25, -0.2) is 9.07 Å². The fourth-order valence-corrected chi connectivity index (χ4v) is 3.10. The number of nitrogens with zero attached hydrogens (tertiary/aromatic N) is 3. The Morgan fingerprint density at radius 3 is 2.69 bits per heavy atom. The van der Waals surface area contributed by atoms with E-state index in [1.54, 1.807) is 48.0 Å². The molecule has 0 aliphatic rings. The molecule has 1 aromatic heterocycles. The molecular formula is C22H17ClFN3O2. The Bertz CT molecular complexity index is 1130. The van der Waals surface area contributed by atoms with Crippen LogP contribution in [0.25, 0.3) is 6.08 Å². The van der Waals surface area contributed by atoms with Crippen molar-refractivity contribution in [3.05, 3.63) is 87.5 Å². The lowest BCUT2D eigenvalue weighted by Crippen LogP contribution is -2.03. The molecule has 2 aromatic carbocycles. The third kappa shape index (κ3) is 4.53. The van der Waals surface area contributed by atoms with E-state index in [-0.39, 0.29) is 16.5 Å². The number of methoxy groups -OCH3 is 1. The first-order chi connectivity index (χ1) is 13.9. The van der Waals surface area contributed by atoms with Crippen molar-refractivity contribution in [3.8, 4) is 11.8 Å². The van der Waals surface area contributed by atoms with E-state index in [4.69, 9.17) is 16.3 Å². The smallest absolute Gasteiger partial charge is 0.203 e. The lowest BCUT2D eigenvalue weighted by molar-refractivity contribution is 0.103. The minimum Gasteiger partial charge on any atom is -0.497 e. The number of carbonyl (C=O) groups is 1. The molecule has 0 aliphatic heterocycles. The van der Waals surface area contributed by atoms with Crippen LogP contribution in [-0.2, 0) is 6.54 Å². The van der Waals surface area contributed by atoms with Gasteiger partial charge in [0.25, 0.3) is 0 Å². The van der Waals surface area contributed by atoms with Crippen molar-refractivity contribution in [2.24, 2.45) is 0 Å². The Morgan fingerprint density at radius 1 is 1.31 bits per heavy atom. The second-order valence-corrected chi connectivity index (χ2v) is 6.66. The summed E-state index contributed by atoms with van der Waals surface area (Å²) in [6, 6.07) is 14.5. The van der Waals surface area contributed by atoms with Gasteiger partial charge in [0.15, 0.2) is 0 Å². The Morgan fingerprint density at radius 2 is 2.03 bits per heavy atom. The minimum absolute atomic E-state index is 0.0652. The monoisotopic (exact) mass is 409 g/mol. The van der Waals surface area contributed by atoms with Crippen LogP contribution in [0.1, 0.15) is 27.2 Å². The average Bonchev–Trinajstić information content (AvgIpc) is 3.00. The first-order valence-corrected chi connectivity index (χ1v) is 9.08. The fraction of sp³-hybridized carbons (Fsp3) is 0.136. The average molecular weight is 410 g/mol. The molecule has 146 valence electrons. The quantitative estimate of drug-likeness (QED) is 0.332. The molecule has 0 unspecified atom stereocenters. The van der Waals surface area contributed by atoms with Crippen LogP contribution >= 0.6 is 11.6 Å². The van der Waals surface area contributed by atoms with Crippen LogP contribution in [0.3, 0.4) is 0 Å². The molecule has 7 heteroatoms. The summed E-state index contributed by atoms with van der Waals surface area (Å²) in [6.45, 7) is 2.07. The van der Waals surface area contributed by atoms with Gasteiger partial charge in [-0.1, -0.05) is 35.9 Å². The summed E-state index contributed by atoms with van der Waals surface area (Å²) in [6.07, 6.45) is 1.44. The van der Waals surface area contributed by atoms with Crippen LogP contribution in [0.4, 0.5) is 4.39 Å². The van der Waals surface area contributed by atoms with Crippen molar-refractivity contribution in [1.29, 1.82) is 5.26 Å².